The highest BCUT2D eigenvalue weighted by Crippen LogP contribution is 2.17. The SMILES string of the molecule is O=C(O)CN1CCC(NC(=O)C(F)(F)F)CC1. The molecule has 1 rings (SSSR count). The van der Waals surface area contributed by atoms with Crippen molar-refractivity contribution in [1.82, 2.24) is 10.2 Å². The number of likely N-dealkylation sites (tertiary alicyclic amines) is 1. The molecule has 8 heteroatoms. The average Bonchev–Trinajstić information content (AvgIpc) is 2.18. The molecular formula is C9H13F3N2O3. The van der Waals surface area contributed by atoms with Gasteiger partial charge in [0.1, 0.15) is 0 Å². The maximum Gasteiger partial charge on any atom is 0.471 e. The van der Waals surface area contributed by atoms with E-state index < -0.39 is 24.1 Å². The third-order valence-electron chi connectivity index (χ3n) is 2.54. The second-order valence-corrected chi connectivity index (χ2v) is 3.92. The highest BCUT2D eigenvalue weighted by atomic mass is 19.4. The predicted molar refractivity (Wildman–Crippen MR) is 51.3 cm³/mol. The first-order valence-corrected chi connectivity index (χ1v) is 5.11. The van der Waals surface area contributed by atoms with Crippen molar-refractivity contribution < 1.29 is 27.9 Å². The Hall–Kier alpha value is -1.31. The first-order chi connectivity index (χ1) is 7.79. The van der Waals surface area contributed by atoms with E-state index in [0.29, 0.717) is 25.9 Å². The lowest BCUT2D eigenvalue weighted by molar-refractivity contribution is -0.174. The van der Waals surface area contributed by atoms with Gasteiger partial charge in [-0.15, -0.1) is 0 Å². The van der Waals surface area contributed by atoms with Gasteiger partial charge >= 0.3 is 18.1 Å². The number of carbonyl (C=O) groups is 2. The smallest absolute Gasteiger partial charge is 0.471 e. The molecule has 17 heavy (non-hydrogen) atoms. The minimum atomic E-state index is -4.86. The van der Waals surface area contributed by atoms with E-state index >= 15 is 0 Å². The number of aliphatic carboxylic acids is 1. The average molecular weight is 254 g/mol. The van der Waals surface area contributed by atoms with Gasteiger partial charge in [-0.25, -0.2) is 0 Å². The summed E-state index contributed by atoms with van der Waals surface area (Å²) in [5.41, 5.74) is 0. The first kappa shape index (κ1) is 13.8. The zero-order valence-corrected chi connectivity index (χ0v) is 8.96. The van der Waals surface area contributed by atoms with E-state index in [2.05, 4.69) is 0 Å². The minimum Gasteiger partial charge on any atom is -0.480 e. The van der Waals surface area contributed by atoms with Gasteiger partial charge in [0.2, 0.25) is 0 Å². The van der Waals surface area contributed by atoms with Crippen molar-refractivity contribution in [3.8, 4) is 0 Å². The molecule has 0 unspecified atom stereocenters. The number of hydrogen-bond acceptors (Lipinski definition) is 3. The summed E-state index contributed by atoms with van der Waals surface area (Å²) in [6.07, 6.45) is -4.21. The second-order valence-electron chi connectivity index (χ2n) is 3.92. The van der Waals surface area contributed by atoms with Crippen molar-refractivity contribution >= 4 is 11.9 Å². The lowest BCUT2D eigenvalue weighted by atomic mass is 10.1. The molecule has 5 nitrogen and oxygen atoms in total. The molecule has 1 aliphatic heterocycles. The van der Waals surface area contributed by atoms with E-state index in [0.717, 1.165) is 0 Å². The number of rotatable bonds is 3. The summed E-state index contributed by atoms with van der Waals surface area (Å²) in [4.78, 5) is 22.7. The molecule has 1 aliphatic rings. The molecule has 2 N–H and O–H groups in total. The molecule has 1 fully saturated rings. The lowest BCUT2D eigenvalue weighted by Crippen LogP contribution is -2.49. The number of carboxylic acid groups (broad SMARTS) is 1. The first-order valence-electron chi connectivity index (χ1n) is 5.11. The number of hydrogen-bond donors (Lipinski definition) is 2. The zero-order chi connectivity index (χ0) is 13.1. The van der Waals surface area contributed by atoms with Gasteiger partial charge in [-0.3, -0.25) is 14.5 Å². The molecule has 0 aromatic heterocycles. The summed E-state index contributed by atoms with van der Waals surface area (Å²) >= 11 is 0. The van der Waals surface area contributed by atoms with Crippen LogP contribution >= 0.6 is 0 Å². The number of nitrogens with zero attached hydrogens (tertiary/aromatic N) is 1. The largest absolute Gasteiger partial charge is 0.480 e. The van der Waals surface area contributed by atoms with E-state index in [9.17, 15) is 22.8 Å². The van der Waals surface area contributed by atoms with Crippen LogP contribution in [0.4, 0.5) is 13.2 Å². The number of nitrogens with one attached hydrogen (secondary N) is 1. The maximum absolute atomic E-state index is 12.0. The molecule has 1 amide bonds. The third-order valence-corrected chi connectivity index (χ3v) is 2.54. The summed E-state index contributed by atoms with van der Waals surface area (Å²) in [6.45, 7) is 0.615. The van der Waals surface area contributed by atoms with E-state index in [4.69, 9.17) is 5.11 Å². The summed E-state index contributed by atoms with van der Waals surface area (Å²) in [5, 5.41) is 10.4. The Kier molecular flexibility index (Phi) is 4.33. The summed E-state index contributed by atoms with van der Waals surface area (Å²) in [5.74, 6) is -2.91. The van der Waals surface area contributed by atoms with Crippen LogP contribution in [0.3, 0.4) is 0 Å². The van der Waals surface area contributed by atoms with E-state index in [1.165, 1.54) is 0 Å². The molecule has 1 heterocycles. The lowest BCUT2D eigenvalue weighted by Gasteiger charge is -2.31. The van der Waals surface area contributed by atoms with Crippen molar-refractivity contribution in [1.29, 1.82) is 0 Å². The normalized spacial score (nSPS) is 19.0. The third kappa shape index (κ3) is 4.59. The van der Waals surface area contributed by atoms with Crippen LogP contribution in [0, 0.1) is 0 Å². The Labute approximate surface area is 95.6 Å². The summed E-state index contributed by atoms with van der Waals surface area (Å²) in [6, 6.07) is -0.533. The predicted octanol–water partition coefficient (Wildman–Crippen LogP) is 0.214. The van der Waals surface area contributed by atoms with Crippen LogP contribution in [0.1, 0.15) is 12.8 Å². The summed E-state index contributed by atoms with van der Waals surface area (Å²) < 4.78 is 35.9. The van der Waals surface area contributed by atoms with Gasteiger partial charge in [0.25, 0.3) is 0 Å². The molecule has 0 radical (unpaired) electrons. The number of carboxylic acids is 1. The van der Waals surface area contributed by atoms with Gasteiger partial charge < -0.3 is 10.4 Å². The van der Waals surface area contributed by atoms with Crippen molar-refractivity contribution in [3.63, 3.8) is 0 Å². The monoisotopic (exact) mass is 254 g/mol. The van der Waals surface area contributed by atoms with Gasteiger partial charge in [-0.05, 0) is 12.8 Å². The summed E-state index contributed by atoms with van der Waals surface area (Å²) in [7, 11) is 0. The molecule has 0 saturated carbocycles. The number of amides is 1. The molecule has 0 atom stereocenters. The Morgan fingerprint density at radius 1 is 1.29 bits per heavy atom. The molecule has 0 aromatic rings. The van der Waals surface area contributed by atoms with Crippen LogP contribution in [0.25, 0.3) is 0 Å². The van der Waals surface area contributed by atoms with Crippen molar-refractivity contribution in [3.05, 3.63) is 0 Å². The fourth-order valence-electron chi connectivity index (χ4n) is 1.69. The van der Waals surface area contributed by atoms with Crippen LogP contribution in [0.2, 0.25) is 0 Å². The Morgan fingerprint density at radius 3 is 2.24 bits per heavy atom. The van der Waals surface area contributed by atoms with E-state index in [1.54, 1.807) is 4.90 Å². The molecule has 0 bridgehead atoms. The van der Waals surface area contributed by atoms with Gasteiger partial charge in [0.05, 0.1) is 6.54 Å². The standard InChI is InChI=1S/C9H13F3N2O3/c10-9(11,12)8(17)13-6-1-3-14(4-2-6)5-7(15)16/h6H,1-5H2,(H,13,17)(H,15,16). The number of alkyl halides is 3. The maximum atomic E-state index is 12.0. The quantitative estimate of drug-likeness (QED) is 0.755. The molecule has 98 valence electrons. The number of piperidine rings is 1. The van der Waals surface area contributed by atoms with Gasteiger partial charge in [-0.1, -0.05) is 0 Å². The highest BCUT2D eigenvalue weighted by molar-refractivity contribution is 5.81. The zero-order valence-electron chi connectivity index (χ0n) is 8.96. The van der Waals surface area contributed by atoms with Gasteiger partial charge in [0, 0.05) is 19.1 Å². The van der Waals surface area contributed by atoms with Crippen LogP contribution in [0.15, 0.2) is 0 Å². The molecule has 0 spiro atoms. The molecule has 0 aromatic carbocycles. The molecular weight excluding hydrogens is 241 g/mol. The Bertz CT molecular complexity index is 298. The topological polar surface area (TPSA) is 69.6 Å². The van der Waals surface area contributed by atoms with E-state index in [-0.39, 0.29) is 6.54 Å². The van der Waals surface area contributed by atoms with Crippen LogP contribution < -0.4 is 5.32 Å². The van der Waals surface area contributed by atoms with Gasteiger partial charge in [-0.2, -0.15) is 13.2 Å². The Balaban J connectivity index is 2.33. The van der Waals surface area contributed by atoms with Gasteiger partial charge in [0.15, 0.2) is 0 Å². The second kappa shape index (κ2) is 5.35. The fourth-order valence-corrected chi connectivity index (χ4v) is 1.69. The fraction of sp³-hybridized carbons (Fsp3) is 0.778. The van der Waals surface area contributed by atoms with Crippen molar-refractivity contribution in [2.24, 2.45) is 0 Å². The van der Waals surface area contributed by atoms with Crippen molar-refractivity contribution in [2.75, 3.05) is 19.6 Å². The number of halogens is 3. The van der Waals surface area contributed by atoms with Crippen LogP contribution in [-0.4, -0.2) is 53.7 Å². The molecule has 1 saturated heterocycles. The number of carbonyl (C=O) groups excluding carboxylic acids is 1. The van der Waals surface area contributed by atoms with E-state index in [1.807, 2.05) is 5.32 Å². The van der Waals surface area contributed by atoms with Crippen LogP contribution in [-0.2, 0) is 9.59 Å². The van der Waals surface area contributed by atoms with Crippen LogP contribution in [0.5, 0.6) is 0 Å². The van der Waals surface area contributed by atoms with Crippen molar-refractivity contribution in [2.45, 2.75) is 25.1 Å². The minimum absolute atomic E-state index is 0.125. The molecule has 0 aliphatic carbocycles. The Morgan fingerprint density at radius 2 is 1.82 bits per heavy atom. The highest BCUT2D eigenvalue weighted by Gasteiger charge is 2.40.